The molecule has 1 aliphatic rings. The van der Waals surface area contributed by atoms with Crippen LogP contribution in [-0.2, 0) is 0 Å². The number of hydrogen-bond acceptors (Lipinski definition) is 3. The Labute approximate surface area is 110 Å². The van der Waals surface area contributed by atoms with Gasteiger partial charge in [-0.1, -0.05) is 6.07 Å². The average Bonchev–Trinajstić information content (AvgIpc) is 2.40. The van der Waals surface area contributed by atoms with Gasteiger partial charge in [-0.3, -0.25) is 9.36 Å². The number of halogens is 1. The molecule has 0 amide bonds. The lowest BCUT2D eigenvalue weighted by atomic mass is 10.1. The van der Waals surface area contributed by atoms with Crippen LogP contribution in [0.15, 0.2) is 29.3 Å². The zero-order valence-corrected chi connectivity index (χ0v) is 10.8. The van der Waals surface area contributed by atoms with E-state index in [0.717, 1.165) is 25.9 Å². The van der Waals surface area contributed by atoms with E-state index in [4.69, 9.17) is 0 Å². The second-order valence-electron chi connectivity index (χ2n) is 5.13. The van der Waals surface area contributed by atoms with Gasteiger partial charge in [-0.2, -0.15) is 0 Å². The van der Waals surface area contributed by atoms with Gasteiger partial charge < -0.3 is 4.90 Å². The lowest BCUT2D eigenvalue weighted by Crippen LogP contribution is -2.35. The average molecular weight is 261 g/mol. The number of likely N-dealkylation sites (tertiary alicyclic amines) is 1. The molecule has 1 aromatic carbocycles. The Balaban J connectivity index is 2.08. The van der Waals surface area contributed by atoms with Crippen molar-refractivity contribution in [2.45, 2.75) is 18.9 Å². The van der Waals surface area contributed by atoms with Crippen LogP contribution in [0, 0.1) is 5.82 Å². The molecule has 5 heteroatoms. The molecule has 0 N–H and O–H groups in total. The molecule has 0 spiro atoms. The highest BCUT2D eigenvalue weighted by Gasteiger charge is 2.20. The first kappa shape index (κ1) is 12.3. The van der Waals surface area contributed by atoms with Crippen LogP contribution in [0.1, 0.15) is 18.9 Å². The van der Waals surface area contributed by atoms with Gasteiger partial charge in [0.15, 0.2) is 0 Å². The predicted octanol–water partition coefficient (Wildman–Crippen LogP) is 1.80. The van der Waals surface area contributed by atoms with Crippen LogP contribution in [0.4, 0.5) is 4.39 Å². The quantitative estimate of drug-likeness (QED) is 0.785. The maximum Gasteiger partial charge on any atom is 0.264 e. The fraction of sp³-hybridized carbons (Fsp3) is 0.429. The van der Waals surface area contributed by atoms with Crippen LogP contribution in [0.5, 0.6) is 0 Å². The standard InChI is InChI=1S/C14H16FN3O/c1-17-7-5-10(6-8-17)18-9-16-12-4-2-3-11(15)13(12)14(18)19/h2-4,9-10H,5-8H2,1H3. The number of fused-ring (bicyclic) bond motifs is 1. The summed E-state index contributed by atoms with van der Waals surface area (Å²) >= 11 is 0. The van der Waals surface area contributed by atoms with E-state index in [9.17, 15) is 9.18 Å². The third-order valence-corrected chi connectivity index (χ3v) is 3.84. The summed E-state index contributed by atoms with van der Waals surface area (Å²) in [6.07, 6.45) is 3.36. The van der Waals surface area contributed by atoms with Crippen molar-refractivity contribution in [1.29, 1.82) is 0 Å². The lowest BCUT2D eigenvalue weighted by molar-refractivity contribution is 0.218. The monoisotopic (exact) mass is 261 g/mol. The summed E-state index contributed by atoms with van der Waals surface area (Å²) in [5.74, 6) is -0.489. The van der Waals surface area contributed by atoms with Crippen molar-refractivity contribution in [1.82, 2.24) is 14.5 Å². The molecule has 1 saturated heterocycles. The molecule has 1 fully saturated rings. The molecule has 0 atom stereocenters. The number of aromatic nitrogens is 2. The molecule has 0 radical (unpaired) electrons. The Morgan fingerprint density at radius 2 is 2.05 bits per heavy atom. The zero-order chi connectivity index (χ0) is 13.4. The Hall–Kier alpha value is -1.75. The van der Waals surface area contributed by atoms with Gasteiger partial charge >= 0.3 is 0 Å². The Bertz CT molecular complexity index is 659. The van der Waals surface area contributed by atoms with Gasteiger partial charge in [-0.25, -0.2) is 9.37 Å². The molecule has 2 heterocycles. The van der Waals surface area contributed by atoms with Crippen LogP contribution in [0.2, 0.25) is 0 Å². The van der Waals surface area contributed by atoms with E-state index >= 15 is 0 Å². The second-order valence-corrected chi connectivity index (χ2v) is 5.13. The first-order valence-corrected chi connectivity index (χ1v) is 6.51. The molecule has 2 aromatic rings. The number of piperidine rings is 1. The topological polar surface area (TPSA) is 38.1 Å². The molecule has 0 unspecified atom stereocenters. The normalized spacial score (nSPS) is 18.0. The SMILES string of the molecule is CN1CCC(n2cnc3cccc(F)c3c2=O)CC1. The molecule has 0 saturated carbocycles. The molecule has 0 aliphatic carbocycles. The first-order chi connectivity index (χ1) is 9.16. The second kappa shape index (κ2) is 4.74. The van der Waals surface area contributed by atoms with E-state index in [0.29, 0.717) is 5.52 Å². The molecular formula is C14H16FN3O. The fourth-order valence-electron chi connectivity index (χ4n) is 2.67. The van der Waals surface area contributed by atoms with E-state index in [2.05, 4.69) is 16.9 Å². The molecule has 0 bridgehead atoms. The van der Waals surface area contributed by atoms with Gasteiger partial charge in [0.1, 0.15) is 11.2 Å². The van der Waals surface area contributed by atoms with Crippen molar-refractivity contribution in [2.75, 3.05) is 20.1 Å². The lowest BCUT2D eigenvalue weighted by Gasteiger charge is -2.30. The molecule has 19 heavy (non-hydrogen) atoms. The summed E-state index contributed by atoms with van der Waals surface area (Å²) < 4.78 is 15.4. The third-order valence-electron chi connectivity index (χ3n) is 3.84. The minimum atomic E-state index is -0.489. The van der Waals surface area contributed by atoms with Gasteiger partial charge in [0, 0.05) is 6.04 Å². The van der Waals surface area contributed by atoms with E-state index in [1.165, 1.54) is 6.07 Å². The fourth-order valence-corrected chi connectivity index (χ4v) is 2.67. The third kappa shape index (κ3) is 2.14. The van der Waals surface area contributed by atoms with Gasteiger partial charge in [0.2, 0.25) is 0 Å². The Morgan fingerprint density at radius 3 is 2.79 bits per heavy atom. The van der Waals surface area contributed by atoms with Crippen molar-refractivity contribution in [3.05, 3.63) is 40.7 Å². The minimum Gasteiger partial charge on any atom is -0.306 e. The van der Waals surface area contributed by atoms with Crippen LogP contribution >= 0.6 is 0 Å². The minimum absolute atomic E-state index is 0.101. The summed E-state index contributed by atoms with van der Waals surface area (Å²) in [6, 6.07) is 4.67. The summed E-state index contributed by atoms with van der Waals surface area (Å²) in [5, 5.41) is 0.101. The smallest absolute Gasteiger partial charge is 0.264 e. The molecule has 3 rings (SSSR count). The van der Waals surface area contributed by atoms with Crippen molar-refractivity contribution in [3.63, 3.8) is 0 Å². The Morgan fingerprint density at radius 1 is 1.32 bits per heavy atom. The van der Waals surface area contributed by atoms with Gasteiger partial charge in [-0.15, -0.1) is 0 Å². The highest BCUT2D eigenvalue weighted by molar-refractivity contribution is 5.77. The largest absolute Gasteiger partial charge is 0.306 e. The zero-order valence-electron chi connectivity index (χ0n) is 10.8. The highest BCUT2D eigenvalue weighted by Crippen LogP contribution is 2.21. The van der Waals surface area contributed by atoms with Crippen LogP contribution < -0.4 is 5.56 Å². The predicted molar refractivity (Wildman–Crippen MR) is 71.7 cm³/mol. The van der Waals surface area contributed by atoms with E-state index in [-0.39, 0.29) is 17.0 Å². The molecular weight excluding hydrogens is 245 g/mol. The maximum absolute atomic E-state index is 13.8. The summed E-state index contributed by atoms with van der Waals surface area (Å²) in [5.41, 5.74) is 0.159. The number of nitrogens with zero attached hydrogens (tertiary/aromatic N) is 3. The molecule has 1 aromatic heterocycles. The van der Waals surface area contributed by atoms with Gasteiger partial charge in [-0.05, 0) is 45.1 Å². The first-order valence-electron chi connectivity index (χ1n) is 6.51. The van der Waals surface area contributed by atoms with Crippen molar-refractivity contribution >= 4 is 10.9 Å². The van der Waals surface area contributed by atoms with Crippen molar-refractivity contribution in [3.8, 4) is 0 Å². The van der Waals surface area contributed by atoms with Crippen LogP contribution in [0.3, 0.4) is 0 Å². The molecule has 100 valence electrons. The van der Waals surface area contributed by atoms with Crippen LogP contribution in [0.25, 0.3) is 10.9 Å². The Kier molecular flexibility index (Phi) is 3.06. The number of hydrogen-bond donors (Lipinski definition) is 0. The van der Waals surface area contributed by atoms with E-state index in [1.54, 1.807) is 23.0 Å². The van der Waals surface area contributed by atoms with E-state index < -0.39 is 5.82 Å². The summed E-state index contributed by atoms with van der Waals surface area (Å²) in [6.45, 7) is 1.90. The molecule has 4 nitrogen and oxygen atoms in total. The highest BCUT2D eigenvalue weighted by atomic mass is 19.1. The van der Waals surface area contributed by atoms with Crippen LogP contribution in [-0.4, -0.2) is 34.6 Å². The molecule has 1 aliphatic heterocycles. The summed E-state index contributed by atoms with van der Waals surface area (Å²) in [7, 11) is 2.07. The van der Waals surface area contributed by atoms with Gasteiger partial charge in [0.25, 0.3) is 5.56 Å². The number of rotatable bonds is 1. The van der Waals surface area contributed by atoms with Crippen molar-refractivity contribution < 1.29 is 4.39 Å². The number of benzene rings is 1. The maximum atomic E-state index is 13.8. The van der Waals surface area contributed by atoms with Gasteiger partial charge in [0.05, 0.1) is 11.8 Å². The van der Waals surface area contributed by atoms with E-state index in [1.807, 2.05) is 0 Å². The van der Waals surface area contributed by atoms with Crippen molar-refractivity contribution in [2.24, 2.45) is 0 Å². The summed E-state index contributed by atoms with van der Waals surface area (Å²) in [4.78, 5) is 18.8.